The number of methoxy groups -OCH3 is 1. The first-order chi connectivity index (χ1) is 22.4. The lowest BCUT2D eigenvalue weighted by molar-refractivity contribution is -0.126. The number of hydrogen-bond donors (Lipinski definition) is 2. The smallest absolute Gasteiger partial charge is 0.355 e. The quantitative estimate of drug-likeness (QED) is 0.410. The number of pyridine rings is 1. The van der Waals surface area contributed by atoms with Gasteiger partial charge in [-0.15, -0.1) is 0 Å². The van der Waals surface area contributed by atoms with Crippen molar-refractivity contribution in [2.24, 2.45) is 5.92 Å². The van der Waals surface area contributed by atoms with E-state index in [1.54, 1.807) is 23.2 Å². The Morgan fingerprint density at radius 1 is 1.30 bits per heavy atom. The van der Waals surface area contributed by atoms with E-state index in [-0.39, 0.29) is 41.4 Å². The number of nitrogens with one attached hydrogen (secondary N) is 1. The van der Waals surface area contributed by atoms with E-state index < -0.39 is 29.3 Å². The molecule has 0 radical (unpaired) electrons. The van der Waals surface area contributed by atoms with E-state index >= 15 is 4.39 Å². The summed E-state index contributed by atoms with van der Waals surface area (Å²) in [5, 5.41) is 15.5. The largest absolute Gasteiger partial charge is 0.490 e. The van der Waals surface area contributed by atoms with Crippen LogP contribution in [0.2, 0.25) is 0 Å². The van der Waals surface area contributed by atoms with Crippen LogP contribution in [0.15, 0.2) is 59.6 Å². The number of dihydropyridines is 1. The average molecular weight is 645 g/mol. The van der Waals surface area contributed by atoms with Gasteiger partial charge in [0.15, 0.2) is 5.65 Å². The second-order valence-corrected chi connectivity index (χ2v) is 12.9. The van der Waals surface area contributed by atoms with Crippen molar-refractivity contribution in [3.63, 3.8) is 0 Å². The van der Waals surface area contributed by atoms with Crippen LogP contribution >= 0.6 is 0 Å². The summed E-state index contributed by atoms with van der Waals surface area (Å²) in [5.74, 6) is -0.139. The van der Waals surface area contributed by atoms with Crippen LogP contribution < -0.4 is 20.6 Å². The van der Waals surface area contributed by atoms with E-state index in [2.05, 4.69) is 11.9 Å². The van der Waals surface area contributed by atoms with Crippen LogP contribution in [0, 0.1) is 18.7 Å². The minimum atomic E-state index is -1.18. The number of aliphatic hydroxyl groups is 1. The maximum absolute atomic E-state index is 15.7. The van der Waals surface area contributed by atoms with Gasteiger partial charge in [0.1, 0.15) is 36.2 Å². The lowest BCUT2D eigenvalue weighted by Crippen LogP contribution is -2.54. The van der Waals surface area contributed by atoms with Gasteiger partial charge in [0.25, 0.3) is 0 Å². The van der Waals surface area contributed by atoms with Gasteiger partial charge >= 0.3 is 5.69 Å². The Morgan fingerprint density at radius 2 is 2.06 bits per heavy atom. The molecular weight excluding hydrogens is 603 g/mol. The number of rotatable bonds is 4. The van der Waals surface area contributed by atoms with Gasteiger partial charge in [-0.05, 0) is 68.8 Å². The maximum Gasteiger partial charge on any atom is 0.355 e. The van der Waals surface area contributed by atoms with Crippen molar-refractivity contribution in [3.05, 3.63) is 76.6 Å². The van der Waals surface area contributed by atoms with Crippen molar-refractivity contribution in [1.82, 2.24) is 24.8 Å². The Labute approximate surface area is 273 Å². The highest BCUT2D eigenvalue weighted by Crippen LogP contribution is 2.41. The Morgan fingerprint density at radius 3 is 2.74 bits per heavy atom. The molecular formula is C35H41FN6O5. The van der Waals surface area contributed by atoms with Gasteiger partial charge < -0.3 is 29.7 Å². The van der Waals surface area contributed by atoms with E-state index in [9.17, 15) is 14.7 Å². The summed E-state index contributed by atoms with van der Waals surface area (Å²) in [6, 6.07) is 6.20. The predicted molar refractivity (Wildman–Crippen MR) is 179 cm³/mol. The van der Waals surface area contributed by atoms with Crippen LogP contribution in [-0.4, -0.2) is 87.6 Å². The summed E-state index contributed by atoms with van der Waals surface area (Å²) in [4.78, 5) is 40.5. The molecule has 0 saturated carbocycles. The molecule has 6 rings (SSSR count). The van der Waals surface area contributed by atoms with Crippen LogP contribution in [-0.2, 0) is 9.53 Å². The first-order valence-electron chi connectivity index (χ1n) is 15.8. The summed E-state index contributed by atoms with van der Waals surface area (Å²) >= 11 is 0. The molecule has 3 aliphatic heterocycles. The molecule has 2 bridgehead atoms. The summed E-state index contributed by atoms with van der Waals surface area (Å²) in [7, 11) is 1.49. The summed E-state index contributed by atoms with van der Waals surface area (Å²) in [6.45, 7) is 14.5. The topological polar surface area (TPSA) is 122 Å². The van der Waals surface area contributed by atoms with E-state index in [0.29, 0.717) is 53.4 Å². The van der Waals surface area contributed by atoms with Crippen LogP contribution in [0.25, 0.3) is 28.0 Å². The Hall–Kier alpha value is -4.55. The zero-order valence-corrected chi connectivity index (χ0v) is 27.6. The minimum Gasteiger partial charge on any atom is -0.490 e. The number of benzene rings is 1. The molecule has 11 nitrogen and oxygen atoms in total. The number of ether oxygens (including phenoxy) is 2. The van der Waals surface area contributed by atoms with Gasteiger partial charge in [0, 0.05) is 38.4 Å². The highest BCUT2D eigenvalue weighted by Gasteiger charge is 2.42. The molecule has 0 spiro atoms. The molecule has 1 amide bonds. The first-order valence-corrected chi connectivity index (χ1v) is 15.8. The van der Waals surface area contributed by atoms with Crippen molar-refractivity contribution in [1.29, 1.82) is 0 Å². The Kier molecular flexibility index (Phi) is 8.43. The highest BCUT2D eigenvalue weighted by atomic mass is 19.1. The number of fused-ring (bicyclic) bond motifs is 4. The maximum atomic E-state index is 15.7. The fraction of sp³-hybridized carbons (Fsp3) is 0.429. The minimum absolute atomic E-state index is 0.0588. The third-order valence-electron chi connectivity index (χ3n) is 9.75. The second kappa shape index (κ2) is 12.2. The third-order valence-corrected chi connectivity index (χ3v) is 9.75. The van der Waals surface area contributed by atoms with E-state index in [4.69, 9.17) is 19.4 Å². The molecule has 248 valence electrons. The number of amides is 1. The molecule has 0 aliphatic carbocycles. The predicted octanol–water partition coefficient (Wildman–Crippen LogP) is 3.64. The van der Waals surface area contributed by atoms with Crippen molar-refractivity contribution in [2.45, 2.75) is 58.4 Å². The van der Waals surface area contributed by atoms with Gasteiger partial charge in [-0.2, -0.15) is 4.98 Å². The number of aryl methyl sites for hydroxylation is 1. The average Bonchev–Trinajstić information content (AvgIpc) is 3.04. The number of nitrogens with zero attached hydrogens (tertiary/aromatic N) is 5. The van der Waals surface area contributed by atoms with Crippen LogP contribution in [0.1, 0.15) is 33.3 Å². The highest BCUT2D eigenvalue weighted by molar-refractivity contribution is 5.93. The van der Waals surface area contributed by atoms with Crippen LogP contribution in [0.4, 0.5) is 10.2 Å². The molecule has 3 unspecified atom stereocenters. The standard InChI is InChI=1S/C35H41FN6O5/c1-8-27(44)40-14-15-41(21(5)17-40)32-23-16-20(4)29-28-24(36)10-9-11-26(28)47-18-25(43)30(46-7)22-12-13-37-35(6,19(2)3)31(22)42(33(23)38-29)34(45)39-32/h8-13,16,19,21,25,30,37,43H,1,14-15,17-18H2,2-7H3/t21-,25?,30?,35?/m0/s1. The number of piperazine rings is 1. The van der Waals surface area contributed by atoms with Crippen LogP contribution in [0.5, 0.6) is 5.75 Å². The molecule has 5 heterocycles. The van der Waals surface area contributed by atoms with Crippen molar-refractivity contribution in [2.75, 3.05) is 38.3 Å². The van der Waals surface area contributed by atoms with Gasteiger partial charge in [-0.25, -0.2) is 18.7 Å². The number of carbonyl (C=O) groups is 1. The van der Waals surface area contributed by atoms with Gasteiger partial charge in [-0.3, -0.25) is 4.79 Å². The fourth-order valence-electron chi connectivity index (χ4n) is 6.90. The first kappa shape index (κ1) is 32.4. The lowest BCUT2D eigenvalue weighted by Gasteiger charge is -2.43. The molecule has 2 aromatic heterocycles. The third kappa shape index (κ3) is 5.29. The number of aromatic nitrogens is 3. The van der Waals surface area contributed by atoms with Crippen LogP contribution in [0.3, 0.4) is 0 Å². The second-order valence-electron chi connectivity index (χ2n) is 12.9. The molecule has 1 saturated heterocycles. The molecule has 47 heavy (non-hydrogen) atoms. The zero-order valence-electron chi connectivity index (χ0n) is 27.6. The van der Waals surface area contributed by atoms with Crippen molar-refractivity contribution < 1.29 is 23.8 Å². The lowest BCUT2D eigenvalue weighted by atomic mass is 9.79. The molecule has 1 aromatic carbocycles. The summed E-state index contributed by atoms with van der Waals surface area (Å²) in [6.07, 6.45) is 2.78. The Bertz CT molecular complexity index is 1890. The Balaban J connectivity index is 1.73. The summed E-state index contributed by atoms with van der Waals surface area (Å²) < 4.78 is 29.2. The number of anilines is 1. The molecule has 3 aliphatic rings. The van der Waals surface area contributed by atoms with E-state index in [1.165, 1.54) is 29.9 Å². The number of hydrogen-bond acceptors (Lipinski definition) is 9. The molecule has 4 atom stereocenters. The van der Waals surface area contributed by atoms with Gasteiger partial charge in [-0.1, -0.05) is 26.5 Å². The van der Waals surface area contributed by atoms with Crippen molar-refractivity contribution >= 4 is 28.5 Å². The zero-order chi connectivity index (χ0) is 33.8. The summed E-state index contributed by atoms with van der Waals surface area (Å²) in [5.41, 5.74) is 0.984. The van der Waals surface area contributed by atoms with Gasteiger partial charge in [0.2, 0.25) is 5.91 Å². The SMILES string of the molecule is C=CC(=O)N1CCN(c2nc(=O)n3c4nc(c(C)cc24)-c2c(F)cccc2OCC(O)C(OC)C2=C3C(C)(C(C)C)NC=C2)[C@@H](C)C1. The number of halogens is 1. The molecule has 3 aromatic rings. The molecule has 2 N–H and O–H groups in total. The van der Waals surface area contributed by atoms with Crippen molar-refractivity contribution in [3.8, 4) is 17.0 Å². The molecule has 1 fully saturated rings. The molecule has 12 heteroatoms. The van der Waals surface area contributed by atoms with E-state index in [0.717, 1.165) is 0 Å². The fourth-order valence-corrected chi connectivity index (χ4v) is 6.90. The number of aliphatic hydroxyl groups excluding tert-OH is 1. The van der Waals surface area contributed by atoms with E-state index in [1.807, 2.05) is 45.6 Å². The van der Waals surface area contributed by atoms with Gasteiger partial charge in [0.05, 0.1) is 27.9 Å². The normalized spacial score (nSPS) is 24.3. The monoisotopic (exact) mass is 644 g/mol. The number of carbonyl (C=O) groups excluding carboxylic acids is 1.